The van der Waals surface area contributed by atoms with Crippen molar-refractivity contribution in [2.45, 2.75) is 59.0 Å². The van der Waals surface area contributed by atoms with Crippen LogP contribution >= 0.6 is 0 Å². The summed E-state index contributed by atoms with van der Waals surface area (Å²) < 4.78 is 10.3. The molecule has 3 aliphatic rings. The van der Waals surface area contributed by atoms with E-state index in [-0.39, 0.29) is 36.2 Å². The molecule has 0 amide bonds. The number of carbonyl (C=O) groups excluding carboxylic acids is 3. The Morgan fingerprint density at radius 1 is 1.36 bits per heavy atom. The Balaban J connectivity index is 1.88. The average Bonchev–Trinajstić information content (AvgIpc) is 2.97. The van der Waals surface area contributed by atoms with Gasteiger partial charge in [-0.2, -0.15) is 0 Å². The van der Waals surface area contributed by atoms with Gasteiger partial charge in [-0.15, -0.1) is 0 Å². The number of allylic oxidation sites excluding steroid dienone is 2. The average molecular weight is 390 g/mol. The maximum absolute atomic E-state index is 12.6. The molecular formula is C22H30O6. The summed E-state index contributed by atoms with van der Waals surface area (Å²) in [6.45, 7) is 9.55. The Morgan fingerprint density at radius 3 is 2.71 bits per heavy atom. The molecule has 1 heterocycles. The molecule has 0 radical (unpaired) electrons. The number of fused-ring (bicyclic) bond motifs is 1. The van der Waals surface area contributed by atoms with Crippen LogP contribution < -0.4 is 0 Å². The van der Waals surface area contributed by atoms with Crippen molar-refractivity contribution in [1.29, 1.82) is 0 Å². The molecule has 1 saturated heterocycles. The molecule has 1 aliphatic heterocycles. The number of cyclic esters (lactones) is 1. The second-order valence-corrected chi connectivity index (χ2v) is 8.90. The molecule has 0 aromatic rings. The first-order valence-corrected chi connectivity index (χ1v) is 9.99. The lowest BCUT2D eigenvalue weighted by Crippen LogP contribution is -2.55. The highest BCUT2D eigenvalue weighted by Gasteiger charge is 2.57. The predicted octanol–water partition coefficient (Wildman–Crippen LogP) is 2.74. The molecule has 2 aliphatic carbocycles. The Bertz CT molecular complexity index is 737. The molecule has 1 N–H and O–H groups in total. The molecule has 5 atom stereocenters. The molecule has 0 aromatic carbocycles. The lowest BCUT2D eigenvalue weighted by Gasteiger charge is -2.57. The molecule has 0 aromatic heterocycles. The van der Waals surface area contributed by atoms with Crippen molar-refractivity contribution in [1.82, 2.24) is 0 Å². The van der Waals surface area contributed by atoms with Crippen LogP contribution in [0.4, 0.5) is 0 Å². The van der Waals surface area contributed by atoms with E-state index in [1.807, 2.05) is 13.0 Å². The largest absolute Gasteiger partial charge is 0.458 e. The Hall–Kier alpha value is -1.95. The van der Waals surface area contributed by atoms with Crippen molar-refractivity contribution in [2.24, 2.45) is 22.7 Å². The van der Waals surface area contributed by atoms with Crippen LogP contribution in [0.25, 0.3) is 0 Å². The van der Waals surface area contributed by atoms with E-state index >= 15 is 0 Å². The van der Waals surface area contributed by atoms with Gasteiger partial charge in [-0.1, -0.05) is 32.1 Å². The molecule has 3 fully saturated rings. The fraction of sp³-hybridized carbons (Fsp3) is 0.682. The third kappa shape index (κ3) is 3.32. The van der Waals surface area contributed by atoms with E-state index in [1.165, 1.54) is 6.92 Å². The van der Waals surface area contributed by atoms with Gasteiger partial charge in [0.05, 0.1) is 17.6 Å². The standard InChI is InChI=1S/C22H30O6/c1-13-5-8-18-21(3,10-9-19(25)22(18,4)12-23)16(13)7-6-15-17(28-14(2)24)11-27-20(15)26/h6,16-18,23H,1,5,7-12H2,2-4H3/b15-6+/t16-,17-,18+,21+,22+/m1/s1. The number of aliphatic hydroxyl groups excluding tert-OH is 1. The van der Waals surface area contributed by atoms with Crippen molar-refractivity contribution < 1.29 is 29.0 Å². The zero-order chi connectivity index (χ0) is 20.7. The number of Topliss-reactive ketones (excluding diaryl/α,β-unsaturated/α-hetero) is 1. The van der Waals surface area contributed by atoms with Crippen molar-refractivity contribution in [3.05, 3.63) is 23.8 Å². The number of esters is 2. The van der Waals surface area contributed by atoms with Crippen LogP contribution in [0.5, 0.6) is 0 Å². The first-order valence-electron chi connectivity index (χ1n) is 9.99. The summed E-state index contributed by atoms with van der Waals surface area (Å²) in [6.07, 6.45) is 4.56. The molecule has 2 saturated carbocycles. The molecule has 0 unspecified atom stereocenters. The lowest BCUT2D eigenvalue weighted by molar-refractivity contribution is -0.151. The molecule has 3 rings (SSSR count). The monoisotopic (exact) mass is 390 g/mol. The van der Waals surface area contributed by atoms with Gasteiger partial charge in [0.25, 0.3) is 0 Å². The van der Waals surface area contributed by atoms with Gasteiger partial charge >= 0.3 is 11.9 Å². The summed E-state index contributed by atoms with van der Waals surface area (Å²) in [5, 5.41) is 10.0. The Labute approximate surface area is 166 Å². The summed E-state index contributed by atoms with van der Waals surface area (Å²) in [7, 11) is 0. The zero-order valence-electron chi connectivity index (χ0n) is 17.0. The van der Waals surface area contributed by atoms with Crippen molar-refractivity contribution in [3.63, 3.8) is 0 Å². The summed E-state index contributed by atoms with van der Waals surface area (Å²) in [4.78, 5) is 36.0. The Morgan fingerprint density at radius 2 is 2.07 bits per heavy atom. The van der Waals surface area contributed by atoms with Crippen molar-refractivity contribution >= 4 is 17.7 Å². The summed E-state index contributed by atoms with van der Waals surface area (Å²) in [5.41, 5.74) is 0.578. The first kappa shape index (κ1) is 20.8. The second-order valence-electron chi connectivity index (χ2n) is 8.90. The molecular weight excluding hydrogens is 360 g/mol. The van der Waals surface area contributed by atoms with Crippen molar-refractivity contribution in [3.8, 4) is 0 Å². The zero-order valence-corrected chi connectivity index (χ0v) is 17.0. The van der Waals surface area contributed by atoms with Gasteiger partial charge in [0.2, 0.25) is 0 Å². The van der Waals surface area contributed by atoms with Crippen LogP contribution in [0, 0.1) is 22.7 Å². The van der Waals surface area contributed by atoms with E-state index in [9.17, 15) is 19.5 Å². The highest BCUT2D eigenvalue weighted by Crippen LogP contribution is 2.60. The topological polar surface area (TPSA) is 89.9 Å². The third-order valence-electron chi connectivity index (χ3n) is 7.29. The second kappa shape index (κ2) is 7.47. The molecule has 6 heteroatoms. The van der Waals surface area contributed by atoms with Crippen LogP contribution in [-0.2, 0) is 23.9 Å². The van der Waals surface area contributed by atoms with Gasteiger partial charge in [0, 0.05) is 13.3 Å². The number of rotatable bonds is 4. The Kier molecular flexibility index (Phi) is 5.54. The maximum atomic E-state index is 12.6. The van der Waals surface area contributed by atoms with Crippen LogP contribution in [0.2, 0.25) is 0 Å². The van der Waals surface area contributed by atoms with E-state index in [2.05, 4.69) is 13.5 Å². The normalized spacial score (nSPS) is 39.6. The van der Waals surface area contributed by atoms with Gasteiger partial charge in [-0.3, -0.25) is 9.59 Å². The highest BCUT2D eigenvalue weighted by atomic mass is 16.6. The minimum absolute atomic E-state index is 0.0485. The number of hydrogen-bond acceptors (Lipinski definition) is 6. The third-order valence-corrected chi connectivity index (χ3v) is 7.29. The fourth-order valence-electron chi connectivity index (χ4n) is 5.65. The molecule has 6 nitrogen and oxygen atoms in total. The summed E-state index contributed by atoms with van der Waals surface area (Å²) in [5.74, 6) is -0.610. The molecule has 0 bridgehead atoms. The van der Waals surface area contributed by atoms with E-state index in [1.54, 1.807) is 0 Å². The van der Waals surface area contributed by atoms with Crippen molar-refractivity contribution in [2.75, 3.05) is 13.2 Å². The van der Waals surface area contributed by atoms with E-state index in [0.29, 0.717) is 18.4 Å². The maximum Gasteiger partial charge on any atom is 0.337 e. The van der Waals surface area contributed by atoms with E-state index in [4.69, 9.17) is 9.47 Å². The van der Waals surface area contributed by atoms with Gasteiger partial charge in [0.15, 0.2) is 6.10 Å². The molecule has 154 valence electrons. The number of aliphatic hydroxyl groups is 1. The fourth-order valence-corrected chi connectivity index (χ4v) is 5.65. The number of ketones is 1. The number of carbonyl (C=O) groups is 3. The molecule has 28 heavy (non-hydrogen) atoms. The minimum Gasteiger partial charge on any atom is -0.458 e. The van der Waals surface area contributed by atoms with Gasteiger partial charge in [-0.25, -0.2) is 4.79 Å². The van der Waals surface area contributed by atoms with Gasteiger partial charge < -0.3 is 14.6 Å². The summed E-state index contributed by atoms with van der Waals surface area (Å²) in [6, 6.07) is 0. The quantitative estimate of drug-likeness (QED) is 0.451. The van der Waals surface area contributed by atoms with Gasteiger partial charge in [0.1, 0.15) is 12.4 Å². The van der Waals surface area contributed by atoms with Crippen LogP contribution in [-0.4, -0.2) is 42.1 Å². The van der Waals surface area contributed by atoms with Gasteiger partial charge in [-0.05, 0) is 42.9 Å². The van der Waals surface area contributed by atoms with Crippen LogP contribution in [0.3, 0.4) is 0 Å². The highest BCUT2D eigenvalue weighted by molar-refractivity contribution is 5.92. The van der Waals surface area contributed by atoms with Crippen LogP contribution in [0.15, 0.2) is 23.8 Å². The number of ether oxygens (including phenoxy) is 2. The molecule has 0 spiro atoms. The predicted molar refractivity (Wildman–Crippen MR) is 102 cm³/mol. The van der Waals surface area contributed by atoms with E-state index in [0.717, 1.165) is 24.8 Å². The van der Waals surface area contributed by atoms with Crippen LogP contribution in [0.1, 0.15) is 52.9 Å². The smallest absolute Gasteiger partial charge is 0.337 e. The SMILES string of the molecule is C=C1CC[C@H]2[C@@](C)(CCC(=O)[C@@]2(C)CO)[C@@H]1C/C=C1/C(=O)OC[C@H]1OC(C)=O. The van der Waals surface area contributed by atoms with E-state index < -0.39 is 23.5 Å². The lowest BCUT2D eigenvalue weighted by atomic mass is 9.46. The minimum atomic E-state index is -0.730. The summed E-state index contributed by atoms with van der Waals surface area (Å²) >= 11 is 0. The number of hydrogen-bond donors (Lipinski definition) is 1. The first-order chi connectivity index (χ1) is 13.1.